The molecule has 7 heteroatoms. The molecule has 18 heavy (non-hydrogen) atoms. The molecule has 0 saturated heterocycles. The molecule has 1 aromatic carbocycles. The Hall–Kier alpha value is -1.47. The highest BCUT2D eigenvalue weighted by molar-refractivity contribution is 7.89. The van der Waals surface area contributed by atoms with Crippen molar-refractivity contribution >= 4 is 16.0 Å². The lowest BCUT2D eigenvalue weighted by atomic mass is 10.2. The van der Waals surface area contributed by atoms with Crippen molar-refractivity contribution in [3.8, 4) is 0 Å². The van der Waals surface area contributed by atoms with Crippen LogP contribution in [0.3, 0.4) is 0 Å². The molecule has 1 aromatic rings. The van der Waals surface area contributed by atoms with Gasteiger partial charge >= 0.3 is 5.97 Å². The van der Waals surface area contributed by atoms with Gasteiger partial charge in [0.15, 0.2) is 0 Å². The molecular weight excluding hydrogens is 261 g/mol. The van der Waals surface area contributed by atoms with Crippen molar-refractivity contribution in [2.45, 2.75) is 31.2 Å². The largest absolute Gasteiger partial charge is 0.481 e. The van der Waals surface area contributed by atoms with Gasteiger partial charge in [0.1, 0.15) is 5.82 Å². The summed E-state index contributed by atoms with van der Waals surface area (Å²) in [6.07, 6.45) is -0.340. The van der Waals surface area contributed by atoms with Gasteiger partial charge < -0.3 is 5.11 Å². The fourth-order valence-electron chi connectivity index (χ4n) is 1.50. The molecule has 2 N–H and O–H groups in total. The van der Waals surface area contributed by atoms with E-state index in [1.165, 1.54) is 19.9 Å². The number of hydrogen-bond donors (Lipinski definition) is 2. The lowest BCUT2D eigenvalue weighted by Crippen LogP contribution is -2.34. The summed E-state index contributed by atoms with van der Waals surface area (Å²) < 4.78 is 39.1. The van der Waals surface area contributed by atoms with Crippen molar-refractivity contribution in [1.82, 2.24) is 4.72 Å². The zero-order chi connectivity index (χ0) is 13.9. The normalized spacial score (nSPS) is 13.3. The summed E-state index contributed by atoms with van der Waals surface area (Å²) in [4.78, 5) is 10.3. The van der Waals surface area contributed by atoms with E-state index in [0.29, 0.717) is 5.56 Å². The Labute approximate surface area is 105 Å². The zero-order valence-corrected chi connectivity index (χ0v) is 10.8. The van der Waals surface area contributed by atoms with Gasteiger partial charge in [0.2, 0.25) is 10.0 Å². The first-order valence-corrected chi connectivity index (χ1v) is 6.71. The Morgan fingerprint density at radius 2 is 2.11 bits per heavy atom. The topological polar surface area (TPSA) is 83.5 Å². The van der Waals surface area contributed by atoms with E-state index in [9.17, 15) is 17.6 Å². The van der Waals surface area contributed by atoms with Crippen molar-refractivity contribution in [3.05, 3.63) is 29.6 Å². The van der Waals surface area contributed by atoms with E-state index >= 15 is 0 Å². The quantitative estimate of drug-likeness (QED) is 0.847. The number of nitrogens with one attached hydrogen (secondary N) is 1. The third kappa shape index (κ3) is 3.78. The van der Waals surface area contributed by atoms with Crippen LogP contribution in [0.4, 0.5) is 4.39 Å². The second-order valence-corrected chi connectivity index (χ2v) is 5.71. The first-order valence-electron chi connectivity index (χ1n) is 5.22. The Balaban J connectivity index is 2.99. The first kappa shape index (κ1) is 14.6. The molecule has 1 rings (SSSR count). The van der Waals surface area contributed by atoms with Gasteiger partial charge in [0.25, 0.3) is 0 Å². The maximum atomic E-state index is 13.0. The molecule has 0 bridgehead atoms. The number of halogens is 1. The molecule has 0 spiro atoms. The van der Waals surface area contributed by atoms with Crippen LogP contribution in [-0.2, 0) is 14.8 Å². The van der Waals surface area contributed by atoms with E-state index < -0.39 is 27.9 Å². The minimum Gasteiger partial charge on any atom is -0.481 e. The molecule has 0 saturated carbocycles. The smallest absolute Gasteiger partial charge is 0.304 e. The predicted molar refractivity (Wildman–Crippen MR) is 63.2 cm³/mol. The standard InChI is InChI=1S/C11H14FNO4S/c1-7-3-4-9(12)6-10(7)18(16,17)13-8(2)5-11(14)15/h3-4,6,8,13H,5H2,1-2H3,(H,14,15). The lowest BCUT2D eigenvalue weighted by molar-refractivity contribution is -0.137. The van der Waals surface area contributed by atoms with Gasteiger partial charge in [0, 0.05) is 6.04 Å². The van der Waals surface area contributed by atoms with Crippen LogP contribution in [0.5, 0.6) is 0 Å². The molecule has 0 aromatic heterocycles. The SMILES string of the molecule is Cc1ccc(F)cc1S(=O)(=O)NC(C)CC(=O)O. The summed E-state index contributed by atoms with van der Waals surface area (Å²) >= 11 is 0. The molecule has 0 fully saturated rings. The van der Waals surface area contributed by atoms with Gasteiger partial charge in [-0.15, -0.1) is 0 Å². The van der Waals surface area contributed by atoms with E-state index in [-0.39, 0.29) is 11.3 Å². The maximum Gasteiger partial charge on any atom is 0.304 e. The average molecular weight is 275 g/mol. The van der Waals surface area contributed by atoms with Crippen molar-refractivity contribution in [2.75, 3.05) is 0 Å². The number of carboxylic acids is 1. The van der Waals surface area contributed by atoms with Gasteiger partial charge in [-0.3, -0.25) is 4.79 Å². The average Bonchev–Trinajstić information content (AvgIpc) is 2.19. The van der Waals surface area contributed by atoms with Crippen molar-refractivity contribution < 1.29 is 22.7 Å². The van der Waals surface area contributed by atoms with Crippen molar-refractivity contribution in [1.29, 1.82) is 0 Å². The summed E-state index contributed by atoms with van der Waals surface area (Å²) in [6, 6.07) is 2.65. The molecular formula is C11H14FNO4S. The summed E-state index contributed by atoms with van der Waals surface area (Å²) in [5.74, 6) is -1.77. The number of benzene rings is 1. The van der Waals surface area contributed by atoms with E-state index in [1.807, 2.05) is 0 Å². The van der Waals surface area contributed by atoms with Gasteiger partial charge in [-0.25, -0.2) is 17.5 Å². The number of rotatable bonds is 5. The highest BCUT2D eigenvalue weighted by atomic mass is 32.2. The number of carboxylic acid groups (broad SMARTS) is 1. The van der Waals surface area contributed by atoms with E-state index in [0.717, 1.165) is 12.1 Å². The second-order valence-electron chi connectivity index (χ2n) is 4.03. The molecule has 0 aliphatic heterocycles. The van der Waals surface area contributed by atoms with Gasteiger partial charge in [-0.2, -0.15) is 0 Å². The fraction of sp³-hybridized carbons (Fsp3) is 0.364. The van der Waals surface area contributed by atoms with Crippen LogP contribution in [-0.4, -0.2) is 25.5 Å². The third-order valence-electron chi connectivity index (χ3n) is 2.28. The third-order valence-corrected chi connectivity index (χ3v) is 4.01. The highest BCUT2D eigenvalue weighted by Gasteiger charge is 2.21. The number of hydrogen-bond acceptors (Lipinski definition) is 3. The van der Waals surface area contributed by atoms with Crippen LogP contribution in [0.2, 0.25) is 0 Å². The molecule has 5 nitrogen and oxygen atoms in total. The van der Waals surface area contributed by atoms with Crippen LogP contribution < -0.4 is 4.72 Å². The van der Waals surface area contributed by atoms with Gasteiger partial charge in [-0.05, 0) is 31.5 Å². The molecule has 0 aliphatic rings. The second kappa shape index (κ2) is 5.45. The zero-order valence-electron chi connectivity index (χ0n) is 9.97. The Kier molecular flexibility index (Phi) is 4.42. The molecule has 1 atom stereocenters. The maximum absolute atomic E-state index is 13.0. The van der Waals surface area contributed by atoms with Crippen LogP contribution in [0.15, 0.2) is 23.1 Å². The number of carbonyl (C=O) groups is 1. The van der Waals surface area contributed by atoms with E-state index in [4.69, 9.17) is 5.11 Å². The van der Waals surface area contributed by atoms with Crippen LogP contribution in [0, 0.1) is 12.7 Å². The van der Waals surface area contributed by atoms with Gasteiger partial charge in [0.05, 0.1) is 11.3 Å². The Morgan fingerprint density at radius 1 is 1.50 bits per heavy atom. The molecule has 0 heterocycles. The lowest BCUT2D eigenvalue weighted by Gasteiger charge is -2.13. The van der Waals surface area contributed by atoms with E-state index in [1.54, 1.807) is 0 Å². The molecule has 1 unspecified atom stereocenters. The van der Waals surface area contributed by atoms with E-state index in [2.05, 4.69) is 4.72 Å². The minimum atomic E-state index is -3.91. The fourth-order valence-corrected chi connectivity index (χ4v) is 3.00. The molecule has 100 valence electrons. The van der Waals surface area contributed by atoms with Crippen LogP contribution in [0.25, 0.3) is 0 Å². The summed E-state index contributed by atoms with van der Waals surface area (Å²) in [6.45, 7) is 2.97. The van der Waals surface area contributed by atoms with Crippen molar-refractivity contribution in [2.24, 2.45) is 0 Å². The predicted octanol–water partition coefficient (Wildman–Crippen LogP) is 1.28. The van der Waals surface area contributed by atoms with Crippen LogP contribution in [0.1, 0.15) is 18.9 Å². The highest BCUT2D eigenvalue weighted by Crippen LogP contribution is 2.16. The summed E-state index contributed by atoms with van der Waals surface area (Å²) in [5.41, 5.74) is 0.395. The molecule has 0 amide bonds. The van der Waals surface area contributed by atoms with Gasteiger partial charge in [-0.1, -0.05) is 6.07 Å². The Morgan fingerprint density at radius 3 is 2.67 bits per heavy atom. The first-order chi connectivity index (χ1) is 8.22. The monoisotopic (exact) mass is 275 g/mol. The van der Waals surface area contributed by atoms with Crippen molar-refractivity contribution in [3.63, 3.8) is 0 Å². The van der Waals surface area contributed by atoms with Crippen LogP contribution >= 0.6 is 0 Å². The summed E-state index contributed by atoms with van der Waals surface area (Å²) in [7, 11) is -3.91. The summed E-state index contributed by atoms with van der Waals surface area (Å²) in [5, 5.41) is 8.56. The number of aliphatic carboxylic acids is 1. The minimum absolute atomic E-state index is 0.181. The molecule has 0 radical (unpaired) electrons. The number of aryl methyl sites for hydroxylation is 1. The number of sulfonamides is 1. The Bertz CT molecular complexity index is 556. The molecule has 0 aliphatic carbocycles.